The molecular weight excluding hydrogens is 228 g/mol. The second-order valence-electron chi connectivity index (χ2n) is 7.05. The van der Waals surface area contributed by atoms with Gasteiger partial charge in [-0.25, -0.2) is 0 Å². The Bertz CT molecular complexity index is 337. The molecule has 2 aliphatic carbocycles. The van der Waals surface area contributed by atoms with Gasteiger partial charge in [0.25, 0.3) is 0 Å². The summed E-state index contributed by atoms with van der Waals surface area (Å²) < 4.78 is 4.94. The molecule has 104 valence electrons. The molecule has 2 fully saturated rings. The van der Waals surface area contributed by atoms with E-state index in [4.69, 9.17) is 4.74 Å². The van der Waals surface area contributed by atoms with E-state index in [1.165, 1.54) is 13.5 Å². The molecule has 2 rings (SSSR count). The SMILES string of the molecule is COC(=O)[C@@H]1[C@@H](O)CC[C@H]2C(C)(C)CCC[C@]12C. The molecule has 0 amide bonds. The number of hydrogen-bond donors (Lipinski definition) is 1. The third-order valence-corrected chi connectivity index (χ3v) is 5.58. The highest BCUT2D eigenvalue weighted by atomic mass is 16.5. The van der Waals surface area contributed by atoms with Crippen molar-refractivity contribution in [2.24, 2.45) is 22.7 Å². The van der Waals surface area contributed by atoms with Crippen LogP contribution in [0, 0.1) is 22.7 Å². The quantitative estimate of drug-likeness (QED) is 0.732. The van der Waals surface area contributed by atoms with E-state index in [1.807, 2.05) is 0 Å². The molecule has 4 atom stereocenters. The molecule has 0 aliphatic heterocycles. The predicted octanol–water partition coefficient (Wildman–Crippen LogP) is 2.76. The van der Waals surface area contributed by atoms with E-state index in [-0.39, 0.29) is 22.7 Å². The highest BCUT2D eigenvalue weighted by Crippen LogP contribution is 2.59. The van der Waals surface area contributed by atoms with Crippen LogP contribution in [0.25, 0.3) is 0 Å². The number of aliphatic hydroxyl groups is 1. The van der Waals surface area contributed by atoms with E-state index >= 15 is 0 Å². The van der Waals surface area contributed by atoms with Crippen molar-refractivity contribution in [2.45, 2.75) is 59.0 Å². The van der Waals surface area contributed by atoms with Crippen molar-refractivity contribution in [1.29, 1.82) is 0 Å². The number of carbonyl (C=O) groups is 1. The molecular formula is C15H26O3. The maximum atomic E-state index is 12.1. The molecule has 0 aromatic rings. The van der Waals surface area contributed by atoms with Crippen LogP contribution in [0.1, 0.15) is 52.9 Å². The molecule has 18 heavy (non-hydrogen) atoms. The molecule has 3 heteroatoms. The average Bonchev–Trinajstić information content (AvgIpc) is 2.26. The second kappa shape index (κ2) is 4.52. The minimum Gasteiger partial charge on any atom is -0.469 e. The van der Waals surface area contributed by atoms with Gasteiger partial charge in [0.2, 0.25) is 0 Å². The van der Waals surface area contributed by atoms with Gasteiger partial charge in [0.05, 0.1) is 19.1 Å². The standard InChI is InChI=1S/C15H26O3/c1-14(2)8-5-9-15(3)11(14)7-6-10(16)12(15)13(17)18-4/h10-12,16H,5-9H2,1-4H3/t10-,11-,12-,15-/m0/s1. The lowest BCUT2D eigenvalue weighted by molar-refractivity contribution is -0.175. The molecule has 0 aromatic carbocycles. The van der Waals surface area contributed by atoms with Crippen LogP contribution < -0.4 is 0 Å². The van der Waals surface area contributed by atoms with Crippen LogP contribution in [-0.4, -0.2) is 24.3 Å². The Morgan fingerprint density at radius 1 is 1.22 bits per heavy atom. The van der Waals surface area contributed by atoms with Crippen molar-refractivity contribution < 1.29 is 14.6 Å². The van der Waals surface area contributed by atoms with Crippen LogP contribution in [0.3, 0.4) is 0 Å². The van der Waals surface area contributed by atoms with Crippen molar-refractivity contribution >= 4 is 5.97 Å². The summed E-state index contributed by atoms with van der Waals surface area (Å²) in [6.07, 6.45) is 4.60. The zero-order chi connectivity index (χ0) is 13.6. The Labute approximate surface area is 110 Å². The third-order valence-electron chi connectivity index (χ3n) is 5.58. The molecule has 0 saturated heterocycles. The van der Waals surface area contributed by atoms with Crippen LogP contribution in [0.2, 0.25) is 0 Å². The van der Waals surface area contributed by atoms with Gasteiger partial charge in [-0.1, -0.05) is 27.2 Å². The van der Waals surface area contributed by atoms with Crippen molar-refractivity contribution in [1.82, 2.24) is 0 Å². The fraction of sp³-hybridized carbons (Fsp3) is 0.933. The topological polar surface area (TPSA) is 46.5 Å². The smallest absolute Gasteiger partial charge is 0.311 e. The summed E-state index contributed by atoms with van der Waals surface area (Å²) in [5.41, 5.74) is 0.159. The maximum absolute atomic E-state index is 12.1. The number of esters is 1. The Hall–Kier alpha value is -0.570. The van der Waals surface area contributed by atoms with E-state index in [1.54, 1.807) is 0 Å². The number of rotatable bonds is 1. The van der Waals surface area contributed by atoms with Crippen molar-refractivity contribution in [3.05, 3.63) is 0 Å². The number of hydrogen-bond acceptors (Lipinski definition) is 3. The monoisotopic (exact) mass is 254 g/mol. The Balaban J connectivity index is 2.37. The normalized spacial score (nSPS) is 43.1. The number of ether oxygens (including phenoxy) is 1. The number of aliphatic hydroxyl groups excluding tert-OH is 1. The first-order valence-corrected chi connectivity index (χ1v) is 7.09. The van der Waals surface area contributed by atoms with E-state index in [9.17, 15) is 9.90 Å². The molecule has 3 nitrogen and oxygen atoms in total. The van der Waals surface area contributed by atoms with Crippen molar-refractivity contribution in [2.75, 3.05) is 7.11 Å². The third kappa shape index (κ3) is 1.97. The van der Waals surface area contributed by atoms with Gasteiger partial charge in [-0.3, -0.25) is 4.79 Å². The van der Waals surface area contributed by atoms with Crippen LogP contribution in [0.5, 0.6) is 0 Å². The molecule has 0 bridgehead atoms. The van der Waals surface area contributed by atoms with Gasteiger partial charge < -0.3 is 9.84 Å². The highest BCUT2D eigenvalue weighted by molar-refractivity contribution is 5.74. The van der Waals surface area contributed by atoms with Crippen LogP contribution in [0.15, 0.2) is 0 Å². The summed E-state index contributed by atoms with van der Waals surface area (Å²) in [7, 11) is 1.43. The summed E-state index contributed by atoms with van der Waals surface area (Å²) in [6, 6.07) is 0. The van der Waals surface area contributed by atoms with E-state index in [2.05, 4.69) is 20.8 Å². The van der Waals surface area contributed by atoms with Gasteiger partial charge in [0.15, 0.2) is 0 Å². The van der Waals surface area contributed by atoms with Crippen LogP contribution >= 0.6 is 0 Å². The summed E-state index contributed by atoms with van der Waals surface area (Å²) in [6.45, 7) is 6.80. The van der Waals surface area contributed by atoms with Gasteiger partial charge >= 0.3 is 5.97 Å². The van der Waals surface area contributed by atoms with Crippen molar-refractivity contribution in [3.63, 3.8) is 0 Å². The molecule has 0 spiro atoms. The zero-order valence-electron chi connectivity index (χ0n) is 12.0. The largest absolute Gasteiger partial charge is 0.469 e. The van der Waals surface area contributed by atoms with Gasteiger partial charge in [0.1, 0.15) is 0 Å². The maximum Gasteiger partial charge on any atom is 0.311 e. The lowest BCUT2D eigenvalue weighted by Crippen LogP contribution is -2.55. The molecule has 1 N–H and O–H groups in total. The van der Waals surface area contributed by atoms with E-state index < -0.39 is 6.10 Å². The summed E-state index contributed by atoms with van der Waals surface area (Å²) in [4.78, 5) is 12.1. The molecule has 2 aliphatic rings. The van der Waals surface area contributed by atoms with Crippen LogP contribution in [-0.2, 0) is 9.53 Å². The van der Waals surface area contributed by atoms with Crippen molar-refractivity contribution in [3.8, 4) is 0 Å². The lowest BCUT2D eigenvalue weighted by atomic mass is 9.48. The minimum absolute atomic E-state index is 0.105. The molecule has 0 aromatic heterocycles. The van der Waals surface area contributed by atoms with Gasteiger partial charge in [0, 0.05) is 0 Å². The van der Waals surface area contributed by atoms with E-state index in [0.29, 0.717) is 5.92 Å². The summed E-state index contributed by atoms with van der Waals surface area (Å²) in [5.74, 6) is -0.0699. The highest BCUT2D eigenvalue weighted by Gasteiger charge is 2.57. The fourth-order valence-electron chi connectivity index (χ4n) is 4.76. The summed E-state index contributed by atoms with van der Waals surface area (Å²) in [5, 5.41) is 10.2. The minimum atomic E-state index is -0.535. The Morgan fingerprint density at radius 2 is 1.89 bits per heavy atom. The average molecular weight is 254 g/mol. The first-order chi connectivity index (χ1) is 8.33. The predicted molar refractivity (Wildman–Crippen MR) is 70.0 cm³/mol. The molecule has 0 unspecified atom stereocenters. The molecule has 0 heterocycles. The first-order valence-electron chi connectivity index (χ1n) is 7.09. The molecule has 0 radical (unpaired) electrons. The lowest BCUT2D eigenvalue weighted by Gasteiger charge is -2.57. The number of fused-ring (bicyclic) bond motifs is 1. The number of carbonyl (C=O) groups excluding carboxylic acids is 1. The van der Waals surface area contributed by atoms with Crippen LogP contribution in [0.4, 0.5) is 0 Å². The van der Waals surface area contributed by atoms with E-state index in [0.717, 1.165) is 25.7 Å². The number of methoxy groups -OCH3 is 1. The van der Waals surface area contributed by atoms with Gasteiger partial charge in [-0.2, -0.15) is 0 Å². The van der Waals surface area contributed by atoms with Gasteiger partial charge in [-0.15, -0.1) is 0 Å². The first kappa shape index (κ1) is 13.9. The van der Waals surface area contributed by atoms with Gasteiger partial charge in [-0.05, 0) is 42.4 Å². The Morgan fingerprint density at radius 3 is 2.50 bits per heavy atom. The summed E-state index contributed by atoms with van der Waals surface area (Å²) >= 11 is 0. The molecule has 2 saturated carbocycles. The zero-order valence-corrected chi connectivity index (χ0v) is 12.0. The Kier molecular flexibility index (Phi) is 3.48. The fourth-order valence-corrected chi connectivity index (χ4v) is 4.76. The second-order valence-corrected chi connectivity index (χ2v) is 7.05.